The summed E-state index contributed by atoms with van der Waals surface area (Å²) in [6.45, 7) is 1.61. The van der Waals surface area contributed by atoms with Crippen LogP contribution in [0.15, 0.2) is 40.1 Å². The summed E-state index contributed by atoms with van der Waals surface area (Å²) in [6.07, 6.45) is 1.28. The quantitative estimate of drug-likeness (QED) is 0.798. The van der Waals surface area contributed by atoms with E-state index in [2.05, 4.69) is 10.3 Å². The maximum atomic E-state index is 12.1. The fourth-order valence-electron chi connectivity index (χ4n) is 2.26. The number of rotatable bonds is 6. The van der Waals surface area contributed by atoms with Gasteiger partial charge in [0.05, 0.1) is 20.3 Å². The molecule has 0 unspecified atom stereocenters. The van der Waals surface area contributed by atoms with E-state index in [-0.39, 0.29) is 18.5 Å². The first kappa shape index (κ1) is 17.3. The summed E-state index contributed by atoms with van der Waals surface area (Å²) in [6, 6.07) is 6.15. The van der Waals surface area contributed by atoms with Crippen molar-refractivity contribution in [2.45, 2.75) is 19.5 Å². The van der Waals surface area contributed by atoms with Crippen LogP contribution in [0.1, 0.15) is 18.5 Å². The van der Waals surface area contributed by atoms with E-state index in [1.807, 2.05) is 0 Å². The standard InChI is InChI=1S/C16H19N3O5/c1-10(12-5-4-11(23-2)8-13(12)24-3)17-15(21)9-19-7-6-14(20)18-16(19)22/h4-8,10H,9H2,1-3H3,(H,17,21)(H,18,20,22)/t10-/m1/s1. The van der Waals surface area contributed by atoms with E-state index >= 15 is 0 Å². The summed E-state index contributed by atoms with van der Waals surface area (Å²) in [4.78, 5) is 36.8. The van der Waals surface area contributed by atoms with Gasteiger partial charge >= 0.3 is 5.69 Å². The Kier molecular flexibility index (Phi) is 5.41. The summed E-state index contributed by atoms with van der Waals surface area (Å²) in [5.41, 5.74) is -0.360. The first-order chi connectivity index (χ1) is 11.4. The summed E-state index contributed by atoms with van der Waals surface area (Å²) >= 11 is 0. The van der Waals surface area contributed by atoms with Gasteiger partial charge in [0.2, 0.25) is 5.91 Å². The number of hydrogen-bond acceptors (Lipinski definition) is 5. The number of carbonyl (C=O) groups is 1. The summed E-state index contributed by atoms with van der Waals surface area (Å²) < 4.78 is 11.6. The third kappa shape index (κ3) is 4.03. The van der Waals surface area contributed by atoms with Crippen LogP contribution in [-0.4, -0.2) is 29.7 Å². The number of ether oxygens (including phenoxy) is 2. The lowest BCUT2D eigenvalue weighted by atomic mass is 10.1. The van der Waals surface area contributed by atoms with Crippen LogP contribution in [0.5, 0.6) is 11.5 Å². The Morgan fingerprint density at radius 1 is 1.25 bits per heavy atom. The van der Waals surface area contributed by atoms with Crippen molar-refractivity contribution in [3.8, 4) is 11.5 Å². The molecule has 1 aromatic heterocycles. The number of aromatic amines is 1. The zero-order valence-electron chi connectivity index (χ0n) is 13.7. The fourth-order valence-corrected chi connectivity index (χ4v) is 2.26. The van der Waals surface area contributed by atoms with Crippen LogP contribution < -0.4 is 26.0 Å². The molecule has 1 amide bonds. The molecule has 8 nitrogen and oxygen atoms in total. The molecule has 0 saturated heterocycles. The maximum Gasteiger partial charge on any atom is 0.328 e. The lowest BCUT2D eigenvalue weighted by Gasteiger charge is -2.18. The second kappa shape index (κ2) is 7.49. The van der Waals surface area contributed by atoms with Crippen LogP contribution in [0, 0.1) is 0 Å². The molecule has 0 spiro atoms. The molecule has 0 saturated carbocycles. The molecule has 0 aliphatic heterocycles. The highest BCUT2D eigenvalue weighted by molar-refractivity contribution is 5.76. The topological polar surface area (TPSA) is 102 Å². The SMILES string of the molecule is COc1ccc([C@@H](C)NC(=O)Cn2ccc(=O)[nH]c2=O)c(OC)c1. The number of nitrogens with zero attached hydrogens (tertiary/aromatic N) is 1. The van der Waals surface area contributed by atoms with E-state index in [1.165, 1.54) is 19.4 Å². The van der Waals surface area contributed by atoms with Crippen molar-refractivity contribution < 1.29 is 14.3 Å². The molecular formula is C16H19N3O5. The molecule has 128 valence electrons. The average molecular weight is 333 g/mol. The minimum absolute atomic E-state index is 0.196. The van der Waals surface area contributed by atoms with E-state index < -0.39 is 11.2 Å². The van der Waals surface area contributed by atoms with Crippen molar-refractivity contribution in [2.24, 2.45) is 0 Å². The summed E-state index contributed by atoms with van der Waals surface area (Å²) in [5.74, 6) is 0.867. The van der Waals surface area contributed by atoms with Crippen LogP contribution >= 0.6 is 0 Å². The Labute approximate surface area is 138 Å². The van der Waals surface area contributed by atoms with Gasteiger partial charge < -0.3 is 14.8 Å². The lowest BCUT2D eigenvalue weighted by Crippen LogP contribution is -2.36. The summed E-state index contributed by atoms with van der Waals surface area (Å²) in [5, 5.41) is 2.79. The van der Waals surface area contributed by atoms with Gasteiger partial charge in [-0.1, -0.05) is 0 Å². The van der Waals surface area contributed by atoms with Gasteiger partial charge in [-0.05, 0) is 19.1 Å². The number of nitrogens with one attached hydrogen (secondary N) is 2. The van der Waals surface area contributed by atoms with Crippen LogP contribution in [0.2, 0.25) is 0 Å². The van der Waals surface area contributed by atoms with Gasteiger partial charge in [0.1, 0.15) is 18.0 Å². The Morgan fingerprint density at radius 3 is 2.62 bits per heavy atom. The average Bonchev–Trinajstić information content (AvgIpc) is 2.56. The molecule has 24 heavy (non-hydrogen) atoms. The largest absolute Gasteiger partial charge is 0.497 e. The monoisotopic (exact) mass is 333 g/mol. The second-order valence-electron chi connectivity index (χ2n) is 5.14. The third-order valence-electron chi connectivity index (χ3n) is 3.50. The summed E-state index contributed by atoms with van der Waals surface area (Å²) in [7, 11) is 3.09. The third-order valence-corrected chi connectivity index (χ3v) is 3.50. The van der Waals surface area contributed by atoms with Crippen molar-refractivity contribution in [2.75, 3.05) is 14.2 Å². The molecule has 1 heterocycles. The minimum atomic E-state index is -0.632. The van der Waals surface area contributed by atoms with Crippen LogP contribution in [0.25, 0.3) is 0 Å². The highest BCUT2D eigenvalue weighted by atomic mass is 16.5. The van der Waals surface area contributed by atoms with Crippen molar-refractivity contribution in [3.63, 3.8) is 0 Å². The molecule has 0 fully saturated rings. The van der Waals surface area contributed by atoms with Gasteiger partial charge in [0.15, 0.2) is 0 Å². The lowest BCUT2D eigenvalue weighted by molar-refractivity contribution is -0.122. The number of benzene rings is 1. The molecule has 2 aromatic rings. The van der Waals surface area contributed by atoms with E-state index in [1.54, 1.807) is 32.2 Å². The molecular weight excluding hydrogens is 314 g/mol. The Bertz CT molecular complexity index is 840. The van der Waals surface area contributed by atoms with E-state index in [0.29, 0.717) is 11.5 Å². The molecule has 0 bridgehead atoms. The molecule has 2 rings (SSSR count). The number of amides is 1. The van der Waals surface area contributed by atoms with Crippen LogP contribution in [-0.2, 0) is 11.3 Å². The van der Waals surface area contributed by atoms with Crippen LogP contribution in [0.4, 0.5) is 0 Å². The molecule has 1 aromatic carbocycles. The van der Waals surface area contributed by atoms with Crippen LogP contribution in [0.3, 0.4) is 0 Å². The number of H-pyrrole nitrogens is 1. The zero-order chi connectivity index (χ0) is 17.7. The van der Waals surface area contributed by atoms with Gasteiger partial charge in [-0.15, -0.1) is 0 Å². The minimum Gasteiger partial charge on any atom is -0.497 e. The number of methoxy groups -OCH3 is 2. The molecule has 0 aliphatic rings. The van der Waals surface area contributed by atoms with Crippen molar-refractivity contribution in [1.82, 2.24) is 14.9 Å². The smallest absolute Gasteiger partial charge is 0.328 e. The van der Waals surface area contributed by atoms with Gasteiger partial charge in [0, 0.05) is 23.9 Å². The van der Waals surface area contributed by atoms with Crippen molar-refractivity contribution >= 4 is 5.91 Å². The predicted molar refractivity (Wildman–Crippen MR) is 87.4 cm³/mol. The zero-order valence-corrected chi connectivity index (χ0v) is 13.7. The van der Waals surface area contributed by atoms with Gasteiger partial charge in [0.25, 0.3) is 5.56 Å². The van der Waals surface area contributed by atoms with Gasteiger partial charge in [-0.3, -0.25) is 19.1 Å². The van der Waals surface area contributed by atoms with Gasteiger partial charge in [-0.25, -0.2) is 4.79 Å². The highest BCUT2D eigenvalue weighted by Crippen LogP contribution is 2.29. The van der Waals surface area contributed by atoms with E-state index in [4.69, 9.17) is 9.47 Å². The first-order valence-electron chi connectivity index (χ1n) is 7.25. The molecule has 1 atom stereocenters. The van der Waals surface area contributed by atoms with Gasteiger partial charge in [-0.2, -0.15) is 0 Å². The van der Waals surface area contributed by atoms with Crippen molar-refractivity contribution in [3.05, 3.63) is 56.9 Å². The highest BCUT2D eigenvalue weighted by Gasteiger charge is 2.15. The Balaban J connectivity index is 2.11. The molecule has 0 aliphatic carbocycles. The predicted octanol–water partition coefficient (Wildman–Crippen LogP) is 0.431. The fraction of sp³-hybridized carbons (Fsp3) is 0.312. The number of carbonyl (C=O) groups excluding carboxylic acids is 1. The molecule has 0 radical (unpaired) electrons. The molecule has 8 heteroatoms. The van der Waals surface area contributed by atoms with E-state index in [0.717, 1.165) is 10.1 Å². The number of aromatic nitrogens is 2. The Hall–Kier alpha value is -3.03. The second-order valence-corrected chi connectivity index (χ2v) is 5.14. The van der Waals surface area contributed by atoms with E-state index in [9.17, 15) is 14.4 Å². The normalized spacial score (nSPS) is 11.6. The van der Waals surface area contributed by atoms with Crippen molar-refractivity contribution in [1.29, 1.82) is 0 Å². The first-order valence-corrected chi connectivity index (χ1v) is 7.25. The Morgan fingerprint density at radius 2 is 2.00 bits per heavy atom. The molecule has 2 N–H and O–H groups in total. The number of hydrogen-bond donors (Lipinski definition) is 2. The maximum absolute atomic E-state index is 12.1.